The maximum Gasteiger partial charge on any atom is 0.279 e. The van der Waals surface area contributed by atoms with Crippen LogP contribution in [0.3, 0.4) is 0 Å². The second-order valence-electron chi connectivity index (χ2n) is 6.61. The Balaban J connectivity index is 1.62. The van der Waals surface area contributed by atoms with Gasteiger partial charge in [0.15, 0.2) is 0 Å². The lowest BCUT2D eigenvalue weighted by atomic mass is 10.2. The van der Waals surface area contributed by atoms with Crippen LogP contribution >= 0.6 is 11.3 Å². The molecule has 1 N–H and O–H groups in total. The Bertz CT molecular complexity index is 796. The molecule has 2 aromatic rings. The SMILES string of the molecule is CC(=O)N[C@@H](C)/C=C/c1cnc(Oc2cccc(OCC3CC3)c2C)s1. The number of carbonyl (C=O) groups excluding carboxylic acids is 1. The fraction of sp³-hybridized carbons (Fsp3) is 0.400. The van der Waals surface area contributed by atoms with Crippen LogP contribution in [-0.2, 0) is 4.79 Å². The minimum atomic E-state index is -0.0465. The fourth-order valence-electron chi connectivity index (χ4n) is 2.45. The topological polar surface area (TPSA) is 60.5 Å². The van der Waals surface area contributed by atoms with Crippen molar-refractivity contribution in [2.75, 3.05) is 6.61 Å². The molecule has 1 aromatic carbocycles. The number of rotatable bonds is 8. The number of amides is 1. The van der Waals surface area contributed by atoms with Crippen LogP contribution in [0.5, 0.6) is 16.7 Å². The molecule has 1 fully saturated rings. The average Bonchev–Trinajstić information content (AvgIpc) is 3.31. The lowest BCUT2D eigenvalue weighted by Gasteiger charge is -2.12. The molecule has 138 valence electrons. The van der Waals surface area contributed by atoms with Crippen molar-refractivity contribution in [2.24, 2.45) is 5.92 Å². The van der Waals surface area contributed by atoms with Crippen LogP contribution in [-0.4, -0.2) is 23.5 Å². The van der Waals surface area contributed by atoms with Gasteiger partial charge < -0.3 is 14.8 Å². The Morgan fingerprint density at radius 3 is 2.92 bits per heavy atom. The first-order valence-corrected chi connectivity index (χ1v) is 9.64. The molecule has 1 heterocycles. The minimum absolute atomic E-state index is 0.0264. The number of nitrogens with one attached hydrogen (secondary N) is 1. The van der Waals surface area contributed by atoms with Crippen LogP contribution in [0.15, 0.2) is 30.5 Å². The summed E-state index contributed by atoms with van der Waals surface area (Å²) in [5.41, 5.74) is 0.986. The van der Waals surface area contributed by atoms with Crippen LogP contribution in [0, 0.1) is 12.8 Å². The Labute approximate surface area is 158 Å². The Kier molecular flexibility index (Phi) is 5.93. The Morgan fingerprint density at radius 1 is 1.42 bits per heavy atom. The third kappa shape index (κ3) is 5.33. The van der Waals surface area contributed by atoms with Gasteiger partial charge in [-0.15, -0.1) is 0 Å². The third-order valence-electron chi connectivity index (χ3n) is 4.09. The molecule has 1 aromatic heterocycles. The summed E-state index contributed by atoms with van der Waals surface area (Å²) < 4.78 is 11.8. The van der Waals surface area contributed by atoms with Gasteiger partial charge in [-0.1, -0.05) is 23.5 Å². The molecule has 0 unspecified atom stereocenters. The quantitative estimate of drug-likeness (QED) is 0.737. The van der Waals surface area contributed by atoms with Crippen molar-refractivity contribution in [2.45, 2.75) is 39.7 Å². The van der Waals surface area contributed by atoms with Gasteiger partial charge in [0.2, 0.25) is 5.91 Å². The highest BCUT2D eigenvalue weighted by Gasteiger charge is 2.22. The second kappa shape index (κ2) is 8.36. The van der Waals surface area contributed by atoms with Crippen LogP contribution in [0.4, 0.5) is 0 Å². The first-order valence-electron chi connectivity index (χ1n) is 8.82. The molecule has 0 aliphatic heterocycles. The molecule has 1 atom stereocenters. The molecule has 6 heteroatoms. The van der Waals surface area contributed by atoms with Gasteiger partial charge in [0.05, 0.1) is 11.5 Å². The van der Waals surface area contributed by atoms with Gasteiger partial charge in [-0.2, -0.15) is 0 Å². The van der Waals surface area contributed by atoms with Gasteiger partial charge in [0.25, 0.3) is 5.19 Å². The summed E-state index contributed by atoms with van der Waals surface area (Å²) in [6.45, 7) is 6.21. The van der Waals surface area contributed by atoms with Crippen LogP contribution in [0.25, 0.3) is 6.08 Å². The second-order valence-corrected chi connectivity index (χ2v) is 7.64. The monoisotopic (exact) mass is 372 g/mol. The summed E-state index contributed by atoms with van der Waals surface area (Å²) in [7, 11) is 0. The maximum atomic E-state index is 11.0. The van der Waals surface area contributed by atoms with Crippen molar-refractivity contribution in [3.8, 4) is 16.7 Å². The number of thiazole rings is 1. The predicted octanol–water partition coefficient (Wildman–Crippen LogP) is 4.57. The minimum Gasteiger partial charge on any atom is -0.493 e. The molecule has 0 spiro atoms. The van der Waals surface area contributed by atoms with Gasteiger partial charge in [0, 0.05) is 24.7 Å². The normalized spacial score (nSPS) is 15.0. The molecule has 0 saturated heterocycles. The van der Waals surface area contributed by atoms with Crippen LogP contribution in [0.1, 0.15) is 37.1 Å². The van der Waals surface area contributed by atoms with Crippen LogP contribution in [0.2, 0.25) is 0 Å². The van der Waals surface area contributed by atoms with Gasteiger partial charge in [-0.25, -0.2) is 4.98 Å². The number of benzene rings is 1. The molecule has 0 bridgehead atoms. The highest BCUT2D eigenvalue weighted by Crippen LogP contribution is 2.35. The molecule has 1 aliphatic rings. The zero-order chi connectivity index (χ0) is 18.5. The number of ether oxygens (including phenoxy) is 2. The molecule has 1 saturated carbocycles. The molecule has 1 amide bonds. The highest BCUT2D eigenvalue weighted by molar-refractivity contribution is 7.14. The van der Waals surface area contributed by atoms with Crippen molar-refractivity contribution in [1.82, 2.24) is 10.3 Å². The van der Waals surface area contributed by atoms with E-state index >= 15 is 0 Å². The summed E-state index contributed by atoms with van der Waals surface area (Å²) >= 11 is 1.46. The van der Waals surface area contributed by atoms with E-state index < -0.39 is 0 Å². The summed E-state index contributed by atoms with van der Waals surface area (Å²) in [5, 5.41) is 3.39. The zero-order valence-corrected chi connectivity index (χ0v) is 16.1. The van der Waals surface area contributed by atoms with E-state index in [1.165, 1.54) is 31.1 Å². The highest BCUT2D eigenvalue weighted by atomic mass is 32.1. The number of aromatic nitrogens is 1. The number of nitrogens with zero attached hydrogens (tertiary/aromatic N) is 1. The summed E-state index contributed by atoms with van der Waals surface area (Å²) in [6, 6.07) is 5.81. The standard InChI is InChI=1S/C20H24N2O3S/c1-13(22-15(3)23)7-10-17-11-21-20(26-17)25-19-6-4-5-18(14(19)2)24-12-16-8-9-16/h4-7,10-11,13,16H,8-9,12H2,1-3H3,(H,22,23)/b10-7+/t13-/m0/s1. The first kappa shape index (κ1) is 18.5. The van der Waals surface area contributed by atoms with Crippen molar-refractivity contribution in [3.63, 3.8) is 0 Å². The van der Waals surface area contributed by atoms with E-state index in [0.29, 0.717) is 11.1 Å². The molecular weight excluding hydrogens is 348 g/mol. The molecule has 5 nitrogen and oxygen atoms in total. The van der Waals surface area contributed by atoms with Crippen LogP contribution < -0.4 is 14.8 Å². The summed E-state index contributed by atoms with van der Waals surface area (Å²) in [4.78, 5) is 16.3. The molecule has 3 rings (SSSR count). The number of hydrogen-bond donors (Lipinski definition) is 1. The van der Waals surface area contributed by atoms with E-state index in [2.05, 4.69) is 10.3 Å². The Hall–Kier alpha value is -2.34. The fourth-order valence-corrected chi connectivity index (χ4v) is 3.14. The lowest BCUT2D eigenvalue weighted by molar-refractivity contribution is -0.119. The average molecular weight is 372 g/mol. The Morgan fingerprint density at radius 2 is 2.19 bits per heavy atom. The van der Waals surface area contributed by atoms with Gasteiger partial charge >= 0.3 is 0 Å². The van der Waals surface area contributed by atoms with Crippen molar-refractivity contribution < 1.29 is 14.3 Å². The first-order chi connectivity index (χ1) is 12.5. The third-order valence-corrected chi connectivity index (χ3v) is 4.93. The molecule has 0 radical (unpaired) electrons. The summed E-state index contributed by atoms with van der Waals surface area (Å²) in [6.07, 6.45) is 8.17. The molecule has 1 aliphatic carbocycles. The predicted molar refractivity (Wildman–Crippen MR) is 104 cm³/mol. The van der Waals surface area contributed by atoms with E-state index in [0.717, 1.165) is 28.5 Å². The summed E-state index contributed by atoms with van der Waals surface area (Å²) in [5.74, 6) is 2.30. The van der Waals surface area contributed by atoms with Gasteiger partial charge in [-0.05, 0) is 50.8 Å². The van der Waals surface area contributed by atoms with E-state index in [9.17, 15) is 4.79 Å². The van der Waals surface area contributed by atoms with E-state index in [1.54, 1.807) is 6.20 Å². The van der Waals surface area contributed by atoms with Crippen molar-refractivity contribution in [3.05, 3.63) is 40.9 Å². The largest absolute Gasteiger partial charge is 0.493 e. The van der Waals surface area contributed by atoms with E-state index in [4.69, 9.17) is 9.47 Å². The van der Waals surface area contributed by atoms with E-state index in [-0.39, 0.29) is 11.9 Å². The number of carbonyl (C=O) groups is 1. The zero-order valence-electron chi connectivity index (χ0n) is 15.3. The lowest BCUT2D eigenvalue weighted by Crippen LogP contribution is -2.28. The molecular formula is C20H24N2O3S. The van der Waals surface area contributed by atoms with Gasteiger partial charge in [0.1, 0.15) is 11.5 Å². The van der Waals surface area contributed by atoms with Crippen molar-refractivity contribution in [1.29, 1.82) is 0 Å². The smallest absolute Gasteiger partial charge is 0.279 e. The van der Waals surface area contributed by atoms with Gasteiger partial charge in [-0.3, -0.25) is 4.79 Å². The van der Waals surface area contributed by atoms with Crippen molar-refractivity contribution >= 4 is 23.3 Å². The molecule has 26 heavy (non-hydrogen) atoms. The maximum absolute atomic E-state index is 11.0. The number of hydrogen-bond acceptors (Lipinski definition) is 5. The van der Waals surface area contributed by atoms with E-state index in [1.807, 2.05) is 44.2 Å².